The van der Waals surface area contributed by atoms with Crippen LogP contribution < -0.4 is 5.32 Å². The van der Waals surface area contributed by atoms with Crippen LogP contribution in [0.5, 0.6) is 0 Å². The number of carbonyl (C=O) groups excluding carboxylic acids is 1. The summed E-state index contributed by atoms with van der Waals surface area (Å²) in [5, 5.41) is 11.1. The molecule has 0 aliphatic rings. The van der Waals surface area contributed by atoms with E-state index in [0.29, 0.717) is 6.54 Å². The monoisotopic (exact) mass is 331 g/mol. The topological polar surface area (TPSA) is 66.4 Å². The number of carboxylic acids is 1. The first kappa shape index (κ1) is 14.9. The van der Waals surface area contributed by atoms with Crippen molar-refractivity contribution in [1.29, 1.82) is 0 Å². The third-order valence-corrected chi connectivity index (χ3v) is 4.31. The molecule has 0 aliphatic carbocycles. The Balaban J connectivity index is 2.57. The van der Waals surface area contributed by atoms with Gasteiger partial charge in [-0.3, -0.25) is 4.79 Å². The molecule has 0 spiro atoms. The number of carbonyl (C=O) groups is 2. The summed E-state index contributed by atoms with van der Waals surface area (Å²) in [5.74, 6) is -1.53. The summed E-state index contributed by atoms with van der Waals surface area (Å²) in [7, 11) is 0. The highest BCUT2D eigenvalue weighted by molar-refractivity contribution is 9.11. The molecule has 0 radical (unpaired) electrons. The number of carboxylic acid groups (broad SMARTS) is 1. The lowest BCUT2D eigenvalue weighted by Crippen LogP contribution is -2.35. The van der Waals surface area contributed by atoms with Gasteiger partial charge in [-0.05, 0) is 28.1 Å². The number of amides is 1. The highest BCUT2D eigenvalue weighted by Crippen LogP contribution is 2.32. The molecule has 1 aromatic rings. The van der Waals surface area contributed by atoms with E-state index in [0.717, 1.165) is 20.8 Å². The van der Waals surface area contributed by atoms with Gasteiger partial charge < -0.3 is 10.4 Å². The van der Waals surface area contributed by atoms with Crippen LogP contribution in [-0.2, 0) is 15.0 Å². The van der Waals surface area contributed by atoms with Crippen molar-refractivity contribution in [1.82, 2.24) is 5.32 Å². The largest absolute Gasteiger partial charge is 0.478 e. The van der Waals surface area contributed by atoms with Crippen molar-refractivity contribution in [3.8, 4) is 0 Å². The van der Waals surface area contributed by atoms with Crippen molar-refractivity contribution in [3.63, 3.8) is 0 Å². The zero-order valence-corrected chi connectivity index (χ0v) is 12.5. The van der Waals surface area contributed by atoms with Crippen LogP contribution in [0.4, 0.5) is 0 Å². The fourth-order valence-corrected chi connectivity index (χ4v) is 2.77. The molecule has 2 N–H and O–H groups in total. The molecule has 0 fully saturated rings. The molecule has 1 aromatic heterocycles. The first-order valence-electron chi connectivity index (χ1n) is 5.26. The summed E-state index contributed by atoms with van der Waals surface area (Å²) in [6.45, 7) is 4.49. The average molecular weight is 332 g/mol. The quantitative estimate of drug-likeness (QED) is 0.815. The van der Waals surface area contributed by atoms with E-state index in [1.165, 1.54) is 0 Å². The van der Waals surface area contributed by atoms with Gasteiger partial charge in [0.15, 0.2) is 0 Å². The highest BCUT2D eigenvalue weighted by atomic mass is 79.9. The maximum absolute atomic E-state index is 11.4. The van der Waals surface area contributed by atoms with E-state index in [1.54, 1.807) is 11.3 Å². The molecule has 1 amide bonds. The molecule has 0 atom stereocenters. The number of thiophene rings is 1. The molecule has 6 heteroatoms. The summed E-state index contributed by atoms with van der Waals surface area (Å²) in [4.78, 5) is 22.8. The van der Waals surface area contributed by atoms with E-state index >= 15 is 0 Å². The third kappa shape index (κ3) is 4.62. The van der Waals surface area contributed by atoms with Crippen LogP contribution in [0, 0.1) is 0 Å². The first-order chi connectivity index (χ1) is 8.31. The van der Waals surface area contributed by atoms with E-state index < -0.39 is 11.9 Å². The zero-order chi connectivity index (χ0) is 13.8. The van der Waals surface area contributed by atoms with Gasteiger partial charge in [0.2, 0.25) is 5.91 Å². The average Bonchev–Trinajstić information content (AvgIpc) is 2.71. The summed E-state index contributed by atoms with van der Waals surface area (Å²) < 4.78 is 1.04. The van der Waals surface area contributed by atoms with Gasteiger partial charge in [0.05, 0.1) is 3.79 Å². The second-order valence-corrected chi connectivity index (χ2v) is 6.84. The Bertz CT molecular complexity index is 479. The lowest BCUT2D eigenvalue weighted by Gasteiger charge is -2.23. The van der Waals surface area contributed by atoms with Crippen LogP contribution in [-0.4, -0.2) is 23.5 Å². The minimum Gasteiger partial charge on any atom is -0.478 e. The van der Waals surface area contributed by atoms with Gasteiger partial charge in [0, 0.05) is 29.0 Å². The van der Waals surface area contributed by atoms with Crippen molar-refractivity contribution >= 4 is 39.1 Å². The van der Waals surface area contributed by atoms with E-state index in [2.05, 4.69) is 21.2 Å². The zero-order valence-electron chi connectivity index (χ0n) is 10.1. The fourth-order valence-electron chi connectivity index (χ4n) is 1.28. The SMILES string of the molecule is CC(C)(CNC(=O)/C=C/C(=O)O)c1ccc(Br)s1. The van der Waals surface area contributed by atoms with Gasteiger partial charge in [0.1, 0.15) is 0 Å². The molecule has 0 aromatic carbocycles. The van der Waals surface area contributed by atoms with Crippen molar-refractivity contribution in [2.75, 3.05) is 6.54 Å². The van der Waals surface area contributed by atoms with Gasteiger partial charge in [-0.2, -0.15) is 0 Å². The molecule has 1 heterocycles. The van der Waals surface area contributed by atoms with Gasteiger partial charge in [-0.1, -0.05) is 13.8 Å². The van der Waals surface area contributed by atoms with Crippen LogP contribution in [0.3, 0.4) is 0 Å². The Kier molecular flexibility index (Phi) is 5.10. The van der Waals surface area contributed by atoms with Crippen LogP contribution in [0.1, 0.15) is 18.7 Å². The van der Waals surface area contributed by atoms with Crippen molar-refractivity contribution < 1.29 is 14.7 Å². The van der Waals surface area contributed by atoms with Crippen LogP contribution in [0.2, 0.25) is 0 Å². The maximum atomic E-state index is 11.4. The van der Waals surface area contributed by atoms with Gasteiger partial charge >= 0.3 is 5.97 Å². The third-order valence-electron chi connectivity index (χ3n) is 2.32. The van der Waals surface area contributed by atoms with Crippen molar-refractivity contribution in [2.45, 2.75) is 19.3 Å². The van der Waals surface area contributed by atoms with Crippen molar-refractivity contribution in [2.24, 2.45) is 0 Å². The molecule has 0 unspecified atom stereocenters. The standard InChI is InChI=1S/C12H14BrNO3S/c1-12(2,8-3-4-9(13)18-8)7-14-10(15)5-6-11(16)17/h3-6H,7H2,1-2H3,(H,14,15)(H,16,17)/b6-5+. The Morgan fingerprint density at radius 3 is 2.61 bits per heavy atom. The highest BCUT2D eigenvalue weighted by Gasteiger charge is 2.22. The Labute approximate surface area is 118 Å². The van der Waals surface area contributed by atoms with E-state index in [4.69, 9.17) is 5.11 Å². The normalized spacial score (nSPS) is 11.7. The molecular weight excluding hydrogens is 318 g/mol. The first-order valence-corrected chi connectivity index (χ1v) is 6.87. The molecular formula is C12H14BrNO3S. The molecule has 1 rings (SSSR count). The predicted octanol–water partition coefficient (Wildman–Crippen LogP) is 2.55. The maximum Gasteiger partial charge on any atom is 0.328 e. The number of aliphatic carboxylic acids is 1. The van der Waals surface area contributed by atoms with Gasteiger partial charge in [-0.15, -0.1) is 11.3 Å². The van der Waals surface area contributed by atoms with Crippen LogP contribution in [0.25, 0.3) is 0 Å². The summed E-state index contributed by atoms with van der Waals surface area (Å²) >= 11 is 5.02. The predicted molar refractivity (Wildman–Crippen MR) is 74.8 cm³/mol. The Hall–Kier alpha value is -1.14. The van der Waals surface area contributed by atoms with E-state index in [9.17, 15) is 9.59 Å². The number of rotatable bonds is 5. The summed E-state index contributed by atoms with van der Waals surface area (Å²) in [6.07, 6.45) is 1.84. The second-order valence-electron chi connectivity index (χ2n) is 4.38. The second kappa shape index (κ2) is 6.15. The molecule has 18 heavy (non-hydrogen) atoms. The minimum atomic E-state index is -1.13. The molecule has 4 nitrogen and oxygen atoms in total. The molecule has 0 saturated carbocycles. The number of nitrogens with one attached hydrogen (secondary N) is 1. The molecule has 98 valence electrons. The smallest absolute Gasteiger partial charge is 0.328 e. The van der Waals surface area contributed by atoms with Gasteiger partial charge in [-0.25, -0.2) is 4.79 Å². The summed E-state index contributed by atoms with van der Waals surface area (Å²) in [6, 6.07) is 3.97. The van der Waals surface area contributed by atoms with Crippen molar-refractivity contribution in [3.05, 3.63) is 32.9 Å². The van der Waals surface area contributed by atoms with Crippen LogP contribution in [0.15, 0.2) is 28.1 Å². The summed E-state index contributed by atoms with van der Waals surface area (Å²) in [5.41, 5.74) is -0.191. The number of hydrogen-bond donors (Lipinski definition) is 2. The number of hydrogen-bond acceptors (Lipinski definition) is 3. The fraction of sp³-hybridized carbons (Fsp3) is 0.333. The Morgan fingerprint density at radius 1 is 1.44 bits per heavy atom. The van der Waals surface area contributed by atoms with E-state index in [1.807, 2.05) is 26.0 Å². The van der Waals surface area contributed by atoms with Gasteiger partial charge in [0.25, 0.3) is 0 Å². The Morgan fingerprint density at radius 2 is 2.11 bits per heavy atom. The molecule has 0 bridgehead atoms. The molecule has 0 saturated heterocycles. The number of halogens is 1. The van der Waals surface area contributed by atoms with E-state index in [-0.39, 0.29) is 5.41 Å². The minimum absolute atomic E-state index is 0.191. The van der Waals surface area contributed by atoms with Crippen LogP contribution >= 0.6 is 27.3 Å². The lowest BCUT2D eigenvalue weighted by molar-refractivity contribution is -0.131. The lowest BCUT2D eigenvalue weighted by atomic mass is 9.91. The molecule has 0 aliphatic heterocycles.